The Balaban J connectivity index is 1.85. The molecule has 0 spiro atoms. The van der Waals surface area contributed by atoms with E-state index in [9.17, 15) is 0 Å². The van der Waals surface area contributed by atoms with Crippen LogP contribution >= 0.6 is 0 Å². The van der Waals surface area contributed by atoms with Crippen molar-refractivity contribution in [2.75, 3.05) is 12.8 Å². The zero-order valence-corrected chi connectivity index (χ0v) is 17.2. The number of nitrogens with zero attached hydrogens (tertiary/aromatic N) is 3. The molecule has 0 saturated carbocycles. The molecule has 5 rings (SSSR count). The average molecular weight is 406 g/mol. The van der Waals surface area contributed by atoms with E-state index < -0.39 is 0 Å². The van der Waals surface area contributed by atoms with Crippen molar-refractivity contribution in [2.24, 2.45) is 0 Å². The molecular formula is C26H22N4O. The molecule has 0 fully saturated rings. The van der Waals surface area contributed by atoms with Gasteiger partial charge in [-0.3, -0.25) is 0 Å². The van der Waals surface area contributed by atoms with Crippen LogP contribution < -0.4 is 10.5 Å². The van der Waals surface area contributed by atoms with Crippen LogP contribution in [0.15, 0.2) is 91.3 Å². The van der Waals surface area contributed by atoms with Crippen LogP contribution in [0, 0.1) is 0 Å². The summed E-state index contributed by atoms with van der Waals surface area (Å²) in [6.45, 7) is 0.675. The number of benzene rings is 3. The molecule has 2 aromatic heterocycles. The van der Waals surface area contributed by atoms with Crippen LogP contribution in [-0.4, -0.2) is 21.6 Å². The molecule has 152 valence electrons. The highest BCUT2D eigenvalue weighted by Crippen LogP contribution is 2.42. The normalized spacial score (nSPS) is 11.0. The van der Waals surface area contributed by atoms with Crippen molar-refractivity contribution in [3.63, 3.8) is 0 Å². The molecule has 5 heteroatoms. The zero-order valence-electron chi connectivity index (χ0n) is 17.2. The predicted octanol–water partition coefficient (Wildman–Crippen LogP) is 5.40. The van der Waals surface area contributed by atoms with E-state index in [0.29, 0.717) is 12.4 Å². The van der Waals surface area contributed by atoms with Gasteiger partial charge in [0.15, 0.2) is 0 Å². The summed E-state index contributed by atoms with van der Waals surface area (Å²) in [4.78, 5) is 8.96. The van der Waals surface area contributed by atoms with Crippen molar-refractivity contribution < 1.29 is 4.74 Å². The minimum atomic E-state index is 0.472. The number of hydrogen-bond donors (Lipinski definition) is 1. The summed E-state index contributed by atoms with van der Waals surface area (Å²) in [6.07, 6.45) is 1.53. The Hall–Kier alpha value is -4.12. The van der Waals surface area contributed by atoms with Crippen molar-refractivity contribution in [1.29, 1.82) is 0 Å². The van der Waals surface area contributed by atoms with Crippen molar-refractivity contribution in [1.82, 2.24) is 14.5 Å². The summed E-state index contributed by atoms with van der Waals surface area (Å²) in [5, 5.41) is 0.863. The van der Waals surface area contributed by atoms with Crippen LogP contribution in [0.3, 0.4) is 0 Å². The number of rotatable bonds is 5. The van der Waals surface area contributed by atoms with Gasteiger partial charge in [-0.05, 0) is 28.8 Å². The third kappa shape index (κ3) is 3.40. The highest BCUT2D eigenvalue weighted by molar-refractivity contribution is 6.07. The first-order chi connectivity index (χ1) is 15.3. The second kappa shape index (κ2) is 7.95. The largest absolute Gasteiger partial charge is 0.497 e. The quantitative estimate of drug-likeness (QED) is 0.424. The number of ether oxygens (including phenoxy) is 1. The zero-order chi connectivity index (χ0) is 21.2. The summed E-state index contributed by atoms with van der Waals surface area (Å²) in [5.41, 5.74) is 12.7. The summed E-state index contributed by atoms with van der Waals surface area (Å²) in [7, 11) is 1.67. The van der Waals surface area contributed by atoms with E-state index in [1.807, 2.05) is 36.4 Å². The van der Waals surface area contributed by atoms with Crippen LogP contribution in [0.5, 0.6) is 5.75 Å². The molecule has 0 atom stereocenters. The maximum Gasteiger partial charge on any atom is 0.146 e. The van der Waals surface area contributed by atoms with E-state index >= 15 is 0 Å². The highest BCUT2D eigenvalue weighted by atomic mass is 16.5. The summed E-state index contributed by atoms with van der Waals surface area (Å²) >= 11 is 0. The number of nitrogen functional groups attached to an aromatic ring is 1. The fourth-order valence-electron chi connectivity index (χ4n) is 4.05. The third-order valence-electron chi connectivity index (χ3n) is 5.48. The van der Waals surface area contributed by atoms with Gasteiger partial charge in [0, 0.05) is 12.1 Å². The SMILES string of the molecule is COc1ccc(-c2c(-c3ccccc3)n(Cc3ccccc3)c3ncnc(N)c23)cc1. The average Bonchev–Trinajstić information content (AvgIpc) is 3.15. The Morgan fingerprint density at radius 2 is 1.48 bits per heavy atom. The van der Waals surface area contributed by atoms with Gasteiger partial charge in [0.25, 0.3) is 0 Å². The number of methoxy groups -OCH3 is 1. The number of hydrogen-bond acceptors (Lipinski definition) is 4. The minimum Gasteiger partial charge on any atom is -0.497 e. The van der Waals surface area contributed by atoms with Crippen LogP contribution in [0.2, 0.25) is 0 Å². The van der Waals surface area contributed by atoms with Crippen molar-refractivity contribution >= 4 is 16.9 Å². The maximum atomic E-state index is 6.41. The van der Waals surface area contributed by atoms with E-state index in [1.54, 1.807) is 7.11 Å². The molecule has 0 bridgehead atoms. The van der Waals surface area contributed by atoms with Gasteiger partial charge < -0.3 is 15.0 Å². The Kier molecular flexibility index (Phi) is 4.84. The number of anilines is 1. The summed E-state index contributed by atoms with van der Waals surface area (Å²) in [5.74, 6) is 1.28. The molecule has 2 heterocycles. The monoisotopic (exact) mass is 406 g/mol. The first-order valence-electron chi connectivity index (χ1n) is 10.1. The van der Waals surface area contributed by atoms with Gasteiger partial charge in [-0.25, -0.2) is 9.97 Å². The fourth-order valence-corrected chi connectivity index (χ4v) is 4.05. The molecule has 0 saturated heterocycles. The number of nitrogens with two attached hydrogens (primary N) is 1. The molecule has 3 aromatic carbocycles. The molecule has 0 aliphatic rings. The minimum absolute atomic E-state index is 0.472. The van der Waals surface area contributed by atoms with E-state index in [0.717, 1.165) is 39.2 Å². The lowest BCUT2D eigenvalue weighted by atomic mass is 9.98. The first-order valence-corrected chi connectivity index (χ1v) is 10.1. The van der Waals surface area contributed by atoms with E-state index in [4.69, 9.17) is 10.5 Å². The summed E-state index contributed by atoms with van der Waals surface area (Å²) < 4.78 is 7.59. The third-order valence-corrected chi connectivity index (χ3v) is 5.48. The molecule has 2 N–H and O–H groups in total. The van der Waals surface area contributed by atoms with Crippen LogP contribution in [0.4, 0.5) is 5.82 Å². The molecule has 5 aromatic rings. The molecule has 0 unspecified atom stereocenters. The van der Waals surface area contributed by atoms with Crippen molar-refractivity contribution in [2.45, 2.75) is 6.54 Å². The maximum absolute atomic E-state index is 6.41. The van der Waals surface area contributed by atoms with Crippen molar-refractivity contribution in [3.05, 3.63) is 96.8 Å². The Morgan fingerprint density at radius 3 is 2.16 bits per heavy atom. The molecular weight excluding hydrogens is 384 g/mol. The van der Waals surface area contributed by atoms with Gasteiger partial charge in [-0.2, -0.15) is 0 Å². The lowest BCUT2D eigenvalue weighted by Crippen LogP contribution is -2.03. The van der Waals surface area contributed by atoms with Gasteiger partial charge in [-0.1, -0.05) is 72.8 Å². The van der Waals surface area contributed by atoms with E-state index in [2.05, 4.69) is 63.1 Å². The molecule has 0 aliphatic heterocycles. The van der Waals surface area contributed by atoms with Gasteiger partial charge in [-0.15, -0.1) is 0 Å². The highest BCUT2D eigenvalue weighted by Gasteiger charge is 2.23. The number of aromatic nitrogens is 3. The second-order valence-electron chi connectivity index (χ2n) is 7.35. The van der Waals surface area contributed by atoms with E-state index in [-0.39, 0.29) is 0 Å². The van der Waals surface area contributed by atoms with Gasteiger partial charge in [0.2, 0.25) is 0 Å². The predicted molar refractivity (Wildman–Crippen MR) is 125 cm³/mol. The lowest BCUT2D eigenvalue weighted by Gasteiger charge is -2.13. The molecule has 31 heavy (non-hydrogen) atoms. The van der Waals surface area contributed by atoms with Crippen molar-refractivity contribution in [3.8, 4) is 28.1 Å². The molecule has 5 nitrogen and oxygen atoms in total. The van der Waals surface area contributed by atoms with Gasteiger partial charge in [0.1, 0.15) is 23.5 Å². The molecule has 0 aliphatic carbocycles. The summed E-state index contributed by atoms with van der Waals surface area (Å²) in [6, 6.07) is 28.8. The number of fused-ring (bicyclic) bond motifs is 1. The van der Waals surface area contributed by atoms with E-state index in [1.165, 1.54) is 11.9 Å². The second-order valence-corrected chi connectivity index (χ2v) is 7.35. The smallest absolute Gasteiger partial charge is 0.146 e. The van der Waals surface area contributed by atoms with Crippen LogP contribution in [0.25, 0.3) is 33.4 Å². The van der Waals surface area contributed by atoms with Crippen LogP contribution in [-0.2, 0) is 6.54 Å². The topological polar surface area (TPSA) is 66.0 Å². The Morgan fingerprint density at radius 1 is 0.806 bits per heavy atom. The Labute approximate surface area is 180 Å². The van der Waals surface area contributed by atoms with Gasteiger partial charge in [0.05, 0.1) is 18.2 Å². The fraction of sp³-hybridized carbons (Fsp3) is 0.0769. The Bertz CT molecular complexity index is 1330. The lowest BCUT2D eigenvalue weighted by molar-refractivity contribution is 0.415. The van der Waals surface area contributed by atoms with Crippen LogP contribution in [0.1, 0.15) is 5.56 Å². The standard InChI is InChI=1S/C26H22N4O/c1-31-21-14-12-19(13-15-21)22-23-25(27)28-17-29-26(23)30(16-18-8-4-2-5-9-18)24(22)20-10-6-3-7-11-20/h2-15,17H,16H2,1H3,(H2,27,28,29). The van der Waals surface area contributed by atoms with Gasteiger partial charge >= 0.3 is 0 Å². The molecule has 0 radical (unpaired) electrons. The first kappa shape index (κ1) is 18.9. The molecule has 0 amide bonds.